The van der Waals surface area contributed by atoms with Gasteiger partial charge < -0.3 is 10.1 Å². The molecule has 1 saturated heterocycles. The smallest absolute Gasteiger partial charge is 0.308 e. The van der Waals surface area contributed by atoms with Crippen LogP contribution in [-0.2, 0) is 19.1 Å². The molecule has 1 aliphatic rings. The van der Waals surface area contributed by atoms with Crippen molar-refractivity contribution in [2.75, 3.05) is 13.2 Å². The Morgan fingerprint density at radius 1 is 1.00 bits per heavy atom. The predicted octanol–water partition coefficient (Wildman–Crippen LogP) is 2.24. The van der Waals surface area contributed by atoms with Crippen LogP contribution >= 0.6 is 0 Å². The van der Waals surface area contributed by atoms with Crippen LogP contribution in [-0.4, -0.2) is 41.7 Å². The van der Waals surface area contributed by atoms with Crippen LogP contribution in [0.4, 0.5) is 0 Å². The van der Waals surface area contributed by atoms with E-state index in [0.717, 1.165) is 10.5 Å². The number of carbonyl (C=O) groups is 4. The van der Waals surface area contributed by atoms with Crippen molar-refractivity contribution in [1.29, 1.82) is 0 Å². The maximum atomic E-state index is 12.5. The second-order valence-corrected chi connectivity index (χ2v) is 6.71. The molecule has 1 heterocycles. The number of hydrogen-bond acceptors (Lipinski definition) is 5. The molecule has 0 aromatic heterocycles. The van der Waals surface area contributed by atoms with Crippen LogP contribution in [0.2, 0.25) is 0 Å². The lowest BCUT2D eigenvalue weighted by molar-refractivity contribution is -0.155. The Kier molecular flexibility index (Phi) is 6.73. The number of likely N-dealkylation sites (tertiary alicyclic amines) is 1. The van der Waals surface area contributed by atoms with Crippen molar-refractivity contribution in [3.63, 3.8) is 0 Å². The second kappa shape index (κ2) is 9.64. The molecule has 1 atom stereocenters. The van der Waals surface area contributed by atoms with Gasteiger partial charge in [-0.05, 0) is 24.1 Å². The molecule has 1 fully saturated rings. The average molecular weight is 394 g/mol. The molecular weight excluding hydrogens is 372 g/mol. The minimum Gasteiger partial charge on any atom is -0.455 e. The highest BCUT2D eigenvalue weighted by Crippen LogP contribution is 2.18. The Balaban J connectivity index is 1.62. The average Bonchev–Trinajstić information content (AvgIpc) is 3.18. The quantitative estimate of drug-likeness (QED) is 0.727. The lowest BCUT2D eigenvalue weighted by Gasteiger charge is -2.19. The fraction of sp³-hybridized carbons (Fsp3) is 0.273. The summed E-state index contributed by atoms with van der Waals surface area (Å²) in [6, 6.07) is 17.1. The highest BCUT2D eigenvalue weighted by atomic mass is 16.5. The standard InChI is InChI=1S/C22H22N2O5/c25-19-12-7-13-24(19)20(26)15-29-21(27)14-18(16-8-3-1-4-9-16)23-22(28)17-10-5-2-6-11-17/h1-6,8-11,18H,7,12-15H2,(H,23,28)/t18-/m0/s1. The summed E-state index contributed by atoms with van der Waals surface area (Å²) in [6.07, 6.45) is 0.825. The molecular formula is C22H22N2O5. The van der Waals surface area contributed by atoms with E-state index in [9.17, 15) is 19.2 Å². The van der Waals surface area contributed by atoms with Crippen molar-refractivity contribution in [3.05, 3.63) is 71.8 Å². The summed E-state index contributed by atoms with van der Waals surface area (Å²) < 4.78 is 5.07. The summed E-state index contributed by atoms with van der Waals surface area (Å²) in [5.41, 5.74) is 1.22. The van der Waals surface area contributed by atoms with Gasteiger partial charge in [-0.1, -0.05) is 48.5 Å². The van der Waals surface area contributed by atoms with E-state index in [0.29, 0.717) is 24.9 Å². The first-order chi connectivity index (χ1) is 14.0. The molecule has 3 amide bonds. The van der Waals surface area contributed by atoms with Gasteiger partial charge in [-0.25, -0.2) is 0 Å². The summed E-state index contributed by atoms with van der Waals surface area (Å²) in [6.45, 7) is -0.131. The van der Waals surface area contributed by atoms with Crippen LogP contribution < -0.4 is 5.32 Å². The van der Waals surface area contributed by atoms with Gasteiger partial charge in [0.15, 0.2) is 6.61 Å². The predicted molar refractivity (Wildman–Crippen MR) is 105 cm³/mol. The van der Waals surface area contributed by atoms with E-state index in [4.69, 9.17) is 4.74 Å². The Morgan fingerprint density at radius 2 is 1.66 bits per heavy atom. The van der Waals surface area contributed by atoms with Crippen molar-refractivity contribution < 1.29 is 23.9 Å². The molecule has 0 unspecified atom stereocenters. The Morgan fingerprint density at radius 3 is 2.28 bits per heavy atom. The Hall–Kier alpha value is -3.48. The van der Waals surface area contributed by atoms with E-state index in [1.807, 2.05) is 24.3 Å². The van der Waals surface area contributed by atoms with E-state index in [2.05, 4.69) is 5.32 Å². The van der Waals surface area contributed by atoms with Gasteiger partial charge in [-0.2, -0.15) is 0 Å². The van der Waals surface area contributed by atoms with Crippen LogP contribution in [0.25, 0.3) is 0 Å². The molecule has 0 saturated carbocycles. The number of imide groups is 1. The van der Waals surface area contributed by atoms with Crippen LogP contribution in [0.1, 0.15) is 41.2 Å². The molecule has 2 aromatic rings. The van der Waals surface area contributed by atoms with E-state index in [-0.39, 0.29) is 18.2 Å². The number of hydrogen-bond donors (Lipinski definition) is 1. The minimum atomic E-state index is -0.632. The number of carbonyl (C=O) groups excluding carboxylic acids is 4. The lowest BCUT2D eigenvalue weighted by atomic mass is 10.0. The van der Waals surface area contributed by atoms with Gasteiger partial charge in [0.2, 0.25) is 5.91 Å². The van der Waals surface area contributed by atoms with Gasteiger partial charge in [0.05, 0.1) is 12.5 Å². The van der Waals surface area contributed by atoms with Gasteiger partial charge >= 0.3 is 5.97 Å². The number of rotatable bonds is 7. The number of esters is 1. The molecule has 0 radical (unpaired) electrons. The highest BCUT2D eigenvalue weighted by molar-refractivity contribution is 5.98. The number of nitrogens with one attached hydrogen (secondary N) is 1. The largest absolute Gasteiger partial charge is 0.455 e. The van der Waals surface area contributed by atoms with Gasteiger partial charge in [-0.3, -0.25) is 24.1 Å². The number of amides is 3. The van der Waals surface area contributed by atoms with E-state index >= 15 is 0 Å². The molecule has 3 rings (SSSR count). The third-order valence-corrected chi connectivity index (χ3v) is 4.65. The zero-order valence-electron chi connectivity index (χ0n) is 15.9. The SMILES string of the molecule is O=C(C[C@H](NC(=O)c1ccccc1)c1ccccc1)OCC(=O)N1CCCC1=O. The summed E-state index contributed by atoms with van der Waals surface area (Å²) in [5.74, 6) is -1.72. The van der Waals surface area contributed by atoms with Crippen LogP contribution in [0.15, 0.2) is 60.7 Å². The third kappa shape index (κ3) is 5.51. The van der Waals surface area contributed by atoms with Gasteiger partial charge in [-0.15, -0.1) is 0 Å². The number of nitrogens with zero attached hydrogens (tertiary/aromatic N) is 1. The van der Waals surface area contributed by atoms with Crippen LogP contribution in [0.5, 0.6) is 0 Å². The molecule has 1 N–H and O–H groups in total. The molecule has 7 heteroatoms. The maximum Gasteiger partial charge on any atom is 0.308 e. The summed E-state index contributed by atoms with van der Waals surface area (Å²) in [4.78, 5) is 49.6. The molecule has 0 bridgehead atoms. The summed E-state index contributed by atoms with van der Waals surface area (Å²) >= 11 is 0. The first-order valence-corrected chi connectivity index (χ1v) is 9.44. The van der Waals surface area contributed by atoms with E-state index in [1.54, 1.807) is 36.4 Å². The van der Waals surface area contributed by atoms with Crippen LogP contribution in [0, 0.1) is 0 Å². The van der Waals surface area contributed by atoms with Crippen molar-refractivity contribution in [2.45, 2.75) is 25.3 Å². The molecule has 0 spiro atoms. The first-order valence-electron chi connectivity index (χ1n) is 9.44. The normalized spacial score (nSPS) is 14.3. The molecule has 150 valence electrons. The highest BCUT2D eigenvalue weighted by Gasteiger charge is 2.27. The molecule has 1 aliphatic heterocycles. The van der Waals surface area contributed by atoms with Crippen molar-refractivity contribution in [1.82, 2.24) is 10.2 Å². The monoisotopic (exact) mass is 394 g/mol. The van der Waals surface area contributed by atoms with Gasteiger partial charge in [0, 0.05) is 18.5 Å². The molecule has 2 aromatic carbocycles. The Labute approximate surface area is 168 Å². The number of ether oxygens (including phenoxy) is 1. The lowest BCUT2D eigenvalue weighted by Crippen LogP contribution is -2.36. The van der Waals surface area contributed by atoms with E-state index in [1.165, 1.54) is 0 Å². The fourth-order valence-corrected chi connectivity index (χ4v) is 3.13. The first kappa shape index (κ1) is 20.3. The Bertz CT molecular complexity index is 883. The van der Waals surface area contributed by atoms with Crippen molar-refractivity contribution in [3.8, 4) is 0 Å². The summed E-state index contributed by atoms with van der Waals surface area (Å²) in [5, 5.41) is 2.84. The molecule has 7 nitrogen and oxygen atoms in total. The number of benzene rings is 2. The van der Waals surface area contributed by atoms with E-state index < -0.39 is 24.5 Å². The minimum absolute atomic E-state index is 0.135. The molecule has 0 aliphatic carbocycles. The topological polar surface area (TPSA) is 92.8 Å². The van der Waals surface area contributed by atoms with Crippen LogP contribution in [0.3, 0.4) is 0 Å². The van der Waals surface area contributed by atoms with Crippen molar-refractivity contribution >= 4 is 23.7 Å². The van der Waals surface area contributed by atoms with Gasteiger partial charge in [0.1, 0.15) is 0 Å². The fourth-order valence-electron chi connectivity index (χ4n) is 3.13. The molecule has 29 heavy (non-hydrogen) atoms. The maximum absolute atomic E-state index is 12.5. The third-order valence-electron chi connectivity index (χ3n) is 4.65. The zero-order valence-corrected chi connectivity index (χ0v) is 15.9. The zero-order chi connectivity index (χ0) is 20.6. The second-order valence-electron chi connectivity index (χ2n) is 6.71. The van der Waals surface area contributed by atoms with Crippen molar-refractivity contribution in [2.24, 2.45) is 0 Å². The summed E-state index contributed by atoms with van der Waals surface area (Å²) in [7, 11) is 0. The van der Waals surface area contributed by atoms with Gasteiger partial charge in [0.25, 0.3) is 11.8 Å².